The Kier molecular flexibility index (Phi) is 6.46. The second kappa shape index (κ2) is 9.26. The third-order valence-corrected chi connectivity index (χ3v) is 7.47. The van der Waals surface area contributed by atoms with E-state index in [0.717, 1.165) is 30.0 Å². The number of piperidine rings is 1. The summed E-state index contributed by atoms with van der Waals surface area (Å²) in [5, 5.41) is 4.95. The molecule has 0 bridgehead atoms. The molecule has 6 nitrogen and oxygen atoms in total. The number of sulfonamides is 1. The van der Waals surface area contributed by atoms with Crippen LogP contribution in [0.15, 0.2) is 65.6 Å². The normalized spacial score (nSPS) is 15.0. The number of hydrogen-bond donors (Lipinski definition) is 1. The quantitative estimate of drug-likeness (QED) is 0.581. The number of amides is 1. The van der Waals surface area contributed by atoms with Crippen LogP contribution in [-0.4, -0.2) is 38.3 Å². The minimum Gasteiger partial charge on any atom is -0.482 e. The first-order chi connectivity index (χ1) is 14.9. The van der Waals surface area contributed by atoms with Gasteiger partial charge >= 0.3 is 0 Å². The average Bonchev–Trinajstić information content (AvgIpc) is 2.79. The molecule has 0 saturated carbocycles. The molecule has 3 aromatic carbocycles. The number of nitrogens with one attached hydrogen (secondary N) is 1. The molecular weight excluding hydrogens is 436 g/mol. The summed E-state index contributed by atoms with van der Waals surface area (Å²) in [6.45, 7) is 0.792. The Balaban J connectivity index is 1.42. The van der Waals surface area contributed by atoms with Crippen molar-refractivity contribution >= 4 is 44.0 Å². The molecule has 0 aromatic heterocycles. The van der Waals surface area contributed by atoms with Gasteiger partial charge in [0.05, 0.1) is 9.92 Å². The summed E-state index contributed by atoms with van der Waals surface area (Å²) < 4.78 is 32.6. The second-order valence-corrected chi connectivity index (χ2v) is 9.77. The number of carbonyl (C=O) groups is 1. The maximum absolute atomic E-state index is 12.8. The number of nitrogens with zero attached hydrogens (tertiary/aromatic N) is 1. The molecule has 0 aliphatic carbocycles. The van der Waals surface area contributed by atoms with E-state index in [1.54, 1.807) is 0 Å². The molecule has 1 N–H and O–H groups in total. The fourth-order valence-corrected chi connectivity index (χ4v) is 5.52. The Bertz CT molecular complexity index is 1200. The molecule has 8 heteroatoms. The number of hydrogen-bond acceptors (Lipinski definition) is 4. The van der Waals surface area contributed by atoms with Crippen molar-refractivity contribution < 1.29 is 17.9 Å². The highest BCUT2D eigenvalue weighted by molar-refractivity contribution is 7.89. The van der Waals surface area contributed by atoms with Crippen molar-refractivity contribution in [2.24, 2.45) is 0 Å². The Hall–Kier alpha value is -2.61. The van der Waals surface area contributed by atoms with Gasteiger partial charge in [0.1, 0.15) is 5.75 Å². The molecule has 0 spiro atoms. The van der Waals surface area contributed by atoms with Crippen LogP contribution in [-0.2, 0) is 14.8 Å². The predicted molar refractivity (Wildman–Crippen MR) is 122 cm³/mol. The lowest BCUT2D eigenvalue weighted by atomic mass is 10.1. The van der Waals surface area contributed by atoms with Crippen molar-refractivity contribution in [3.05, 3.63) is 65.7 Å². The first-order valence-electron chi connectivity index (χ1n) is 10.2. The molecule has 1 aliphatic rings. The monoisotopic (exact) mass is 458 g/mol. The van der Waals surface area contributed by atoms with Crippen molar-refractivity contribution in [3.8, 4) is 5.75 Å². The molecule has 162 valence electrons. The molecule has 3 aromatic rings. The summed E-state index contributed by atoms with van der Waals surface area (Å²) in [5.74, 6) is -0.0789. The van der Waals surface area contributed by atoms with E-state index in [-0.39, 0.29) is 28.2 Å². The van der Waals surface area contributed by atoms with Crippen molar-refractivity contribution in [1.29, 1.82) is 0 Å². The third kappa shape index (κ3) is 4.84. The molecule has 31 heavy (non-hydrogen) atoms. The van der Waals surface area contributed by atoms with Crippen LogP contribution < -0.4 is 10.1 Å². The van der Waals surface area contributed by atoms with E-state index in [4.69, 9.17) is 16.3 Å². The van der Waals surface area contributed by atoms with Crippen LogP contribution >= 0.6 is 11.6 Å². The molecule has 1 heterocycles. The van der Waals surface area contributed by atoms with Gasteiger partial charge in [0.15, 0.2) is 6.61 Å². The smallest absolute Gasteiger partial charge is 0.262 e. The molecule has 4 rings (SSSR count). The summed E-state index contributed by atoms with van der Waals surface area (Å²) in [7, 11) is -3.58. The lowest BCUT2D eigenvalue weighted by molar-refractivity contribution is -0.118. The van der Waals surface area contributed by atoms with Crippen LogP contribution in [0.5, 0.6) is 5.75 Å². The van der Waals surface area contributed by atoms with Crippen LogP contribution in [0.2, 0.25) is 5.02 Å². The minimum absolute atomic E-state index is 0.131. The summed E-state index contributed by atoms with van der Waals surface area (Å²) in [6.07, 6.45) is 2.76. The number of fused-ring (bicyclic) bond motifs is 1. The maximum atomic E-state index is 12.8. The van der Waals surface area contributed by atoms with Crippen molar-refractivity contribution in [2.75, 3.05) is 25.0 Å². The third-order valence-electron chi connectivity index (χ3n) is 5.28. The zero-order valence-corrected chi connectivity index (χ0v) is 18.5. The Morgan fingerprint density at radius 3 is 2.52 bits per heavy atom. The van der Waals surface area contributed by atoms with Crippen molar-refractivity contribution in [1.82, 2.24) is 4.31 Å². The second-order valence-electron chi connectivity index (χ2n) is 7.42. The van der Waals surface area contributed by atoms with Gasteiger partial charge < -0.3 is 10.1 Å². The summed E-state index contributed by atoms with van der Waals surface area (Å²) in [4.78, 5) is 12.5. The fraction of sp³-hybridized carbons (Fsp3) is 0.261. The number of benzene rings is 3. The highest BCUT2D eigenvalue weighted by Gasteiger charge is 2.26. The minimum atomic E-state index is -3.58. The number of rotatable bonds is 6. The van der Waals surface area contributed by atoms with Crippen molar-refractivity contribution in [2.45, 2.75) is 24.2 Å². The predicted octanol–water partition coefficient (Wildman–Crippen LogP) is 4.69. The van der Waals surface area contributed by atoms with Crippen LogP contribution in [0.3, 0.4) is 0 Å². The van der Waals surface area contributed by atoms with E-state index >= 15 is 0 Å². The largest absolute Gasteiger partial charge is 0.482 e. The Labute approximate surface area is 186 Å². The summed E-state index contributed by atoms with van der Waals surface area (Å²) >= 11 is 6.26. The van der Waals surface area contributed by atoms with E-state index < -0.39 is 10.0 Å². The molecule has 0 radical (unpaired) electrons. The zero-order chi connectivity index (χ0) is 21.8. The molecule has 1 saturated heterocycles. The topological polar surface area (TPSA) is 75.7 Å². The Morgan fingerprint density at radius 2 is 1.74 bits per heavy atom. The van der Waals surface area contributed by atoms with Gasteiger partial charge in [0.2, 0.25) is 10.0 Å². The van der Waals surface area contributed by atoms with Crippen LogP contribution in [0.4, 0.5) is 5.69 Å². The van der Waals surface area contributed by atoms with Crippen LogP contribution in [0.25, 0.3) is 10.8 Å². The van der Waals surface area contributed by atoms with E-state index in [1.165, 1.54) is 22.5 Å². The lowest BCUT2D eigenvalue weighted by Crippen LogP contribution is -2.35. The molecule has 1 fully saturated rings. The maximum Gasteiger partial charge on any atom is 0.262 e. The lowest BCUT2D eigenvalue weighted by Gasteiger charge is -2.26. The van der Waals surface area contributed by atoms with Gasteiger partial charge in [-0.3, -0.25) is 4.79 Å². The van der Waals surface area contributed by atoms with E-state index in [2.05, 4.69) is 5.32 Å². The van der Waals surface area contributed by atoms with Gasteiger partial charge in [-0.05, 0) is 42.5 Å². The van der Waals surface area contributed by atoms with Crippen molar-refractivity contribution in [3.63, 3.8) is 0 Å². The first kappa shape index (κ1) is 21.6. The average molecular weight is 459 g/mol. The number of halogens is 1. The first-order valence-corrected chi connectivity index (χ1v) is 12.0. The van der Waals surface area contributed by atoms with Crippen LogP contribution in [0.1, 0.15) is 19.3 Å². The van der Waals surface area contributed by atoms with Gasteiger partial charge in [-0.15, -0.1) is 0 Å². The van der Waals surface area contributed by atoms with Crippen LogP contribution in [0, 0.1) is 0 Å². The Morgan fingerprint density at radius 1 is 1.00 bits per heavy atom. The summed E-state index contributed by atoms with van der Waals surface area (Å²) in [6, 6.07) is 17.8. The molecule has 1 amide bonds. The van der Waals surface area contributed by atoms with E-state index in [0.29, 0.717) is 18.8 Å². The zero-order valence-electron chi connectivity index (χ0n) is 16.9. The highest BCUT2D eigenvalue weighted by Crippen LogP contribution is 2.30. The molecule has 0 unspecified atom stereocenters. The van der Waals surface area contributed by atoms with Gasteiger partial charge in [0, 0.05) is 24.2 Å². The SMILES string of the molecule is O=C(COc1ccc(S(=O)(=O)N2CCCCC2)cc1Cl)Nc1cccc2ccccc12. The number of ether oxygens (including phenoxy) is 1. The standard InChI is InChI=1S/C23H23ClN2O4S/c24-20-15-18(31(28,29)26-13-4-1-5-14-26)11-12-22(20)30-16-23(27)25-21-10-6-8-17-7-2-3-9-19(17)21/h2-3,6-12,15H,1,4-5,13-14,16H2,(H,25,27). The van der Waals surface area contributed by atoms with Gasteiger partial charge in [-0.25, -0.2) is 8.42 Å². The summed E-state index contributed by atoms with van der Waals surface area (Å²) in [5.41, 5.74) is 0.695. The van der Waals surface area contributed by atoms with E-state index in [1.807, 2.05) is 42.5 Å². The number of carbonyl (C=O) groups excluding carboxylic acids is 1. The van der Waals surface area contributed by atoms with Gasteiger partial charge in [-0.2, -0.15) is 4.31 Å². The molecule has 1 aliphatic heterocycles. The van der Waals surface area contributed by atoms with Gasteiger partial charge in [-0.1, -0.05) is 54.4 Å². The fourth-order valence-electron chi connectivity index (χ4n) is 3.68. The molecular formula is C23H23ClN2O4S. The highest BCUT2D eigenvalue weighted by atomic mass is 35.5. The van der Waals surface area contributed by atoms with Gasteiger partial charge in [0.25, 0.3) is 5.91 Å². The molecule has 0 atom stereocenters. The van der Waals surface area contributed by atoms with E-state index in [9.17, 15) is 13.2 Å². The number of anilines is 1.